The lowest BCUT2D eigenvalue weighted by atomic mass is 9.62. The van der Waals surface area contributed by atoms with Gasteiger partial charge in [0.1, 0.15) is 6.10 Å². The molecule has 0 amide bonds. The molecule has 0 aliphatic heterocycles. The van der Waals surface area contributed by atoms with E-state index in [0.29, 0.717) is 32.1 Å². The van der Waals surface area contributed by atoms with Gasteiger partial charge in [0, 0.05) is 12.3 Å². The molecule has 0 aromatic carbocycles. The van der Waals surface area contributed by atoms with Gasteiger partial charge in [0.15, 0.2) is 0 Å². The molecule has 172 valence electrons. The number of ether oxygens (including phenoxy) is 1. The number of hydrogen-bond acceptors (Lipinski definition) is 6. The summed E-state index contributed by atoms with van der Waals surface area (Å²) < 4.78 is 5.88. The molecule has 2 aliphatic carbocycles. The van der Waals surface area contributed by atoms with Gasteiger partial charge in [-0.3, -0.25) is 9.59 Å². The van der Waals surface area contributed by atoms with Gasteiger partial charge < -0.3 is 25.2 Å². The maximum atomic E-state index is 12.4. The Kier molecular flexibility index (Phi) is 9.31. The second-order valence-electron chi connectivity index (χ2n) is 9.28. The van der Waals surface area contributed by atoms with Crippen molar-refractivity contribution in [2.24, 2.45) is 29.6 Å². The van der Waals surface area contributed by atoms with Gasteiger partial charge in [0.25, 0.3) is 0 Å². The van der Waals surface area contributed by atoms with E-state index < -0.39 is 24.3 Å². The van der Waals surface area contributed by atoms with Crippen molar-refractivity contribution in [1.82, 2.24) is 0 Å². The van der Waals surface area contributed by atoms with Gasteiger partial charge in [-0.05, 0) is 49.9 Å². The van der Waals surface area contributed by atoms with E-state index in [9.17, 15) is 24.9 Å². The zero-order valence-electron chi connectivity index (χ0n) is 18.3. The fourth-order valence-corrected chi connectivity index (χ4v) is 5.00. The third kappa shape index (κ3) is 6.79. The molecule has 0 heterocycles. The predicted molar refractivity (Wildman–Crippen MR) is 111 cm³/mol. The lowest BCUT2D eigenvalue weighted by Crippen LogP contribution is -2.47. The Morgan fingerprint density at radius 1 is 1.17 bits per heavy atom. The second-order valence-corrected chi connectivity index (χ2v) is 9.28. The SMILES string of the molecule is CC[C@H](C)C(=O)O[C@H]1C[C@H](O)C[C@@H]2C=C[C@H](C)[C@H](CC[C@@H](O)C[C@@H](O)CC(=O)O)[C@H]12. The van der Waals surface area contributed by atoms with Gasteiger partial charge in [-0.25, -0.2) is 0 Å². The number of fused-ring (bicyclic) bond motifs is 1. The number of aliphatic hydroxyl groups excluding tert-OH is 3. The quantitative estimate of drug-likeness (QED) is 0.312. The van der Waals surface area contributed by atoms with Crippen molar-refractivity contribution in [3.8, 4) is 0 Å². The summed E-state index contributed by atoms with van der Waals surface area (Å²) in [6, 6.07) is 0. The molecular formula is C23H38O7. The maximum Gasteiger partial charge on any atom is 0.308 e. The van der Waals surface area contributed by atoms with Crippen LogP contribution in [-0.2, 0) is 14.3 Å². The van der Waals surface area contributed by atoms with E-state index in [-0.39, 0.29) is 54.5 Å². The number of aliphatic hydroxyl groups is 3. The van der Waals surface area contributed by atoms with E-state index in [2.05, 4.69) is 19.1 Å². The van der Waals surface area contributed by atoms with Gasteiger partial charge in [-0.2, -0.15) is 0 Å². The van der Waals surface area contributed by atoms with E-state index in [1.165, 1.54) is 0 Å². The normalized spacial score (nSPS) is 33.9. The molecule has 0 spiro atoms. The Morgan fingerprint density at radius 3 is 2.50 bits per heavy atom. The predicted octanol–water partition coefficient (Wildman–Crippen LogP) is 2.52. The fraction of sp³-hybridized carbons (Fsp3) is 0.826. The van der Waals surface area contributed by atoms with E-state index in [4.69, 9.17) is 9.84 Å². The zero-order valence-corrected chi connectivity index (χ0v) is 18.3. The molecule has 7 heteroatoms. The number of esters is 1. The molecule has 2 rings (SSSR count). The molecule has 9 atom stereocenters. The largest absolute Gasteiger partial charge is 0.481 e. The molecule has 0 aromatic rings. The molecule has 7 nitrogen and oxygen atoms in total. The van der Waals surface area contributed by atoms with Crippen molar-refractivity contribution >= 4 is 11.9 Å². The Morgan fingerprint density at radius 2 is 1.87 bits per heavy atom. The third-order valence-corrected chi connectivity index (χ3v) is 6.87. The van der Waals surface area contributed by atoms with Crippen molar-refractivity contribution in [1.29, 1.82) is 0 Å². The fourth-order valence-electron chi connectivity index (χ4n) is 5.00. The smallest absolute Gasteiger partial charge is 0.308 e. The Hall–Kier alpha value is -1.44. The minimum Gasteiger partial charge on any atom is -0.481 e. The number of rotatable bonds is 10. The summed E-state index contributed by atoms with van der Waals surface area (Å²) in [7, 11) is 0. The topological polar surface area (TPSA) is 124 Å². The third-order valence-electron chi connectivity index (χ3n) is 6.87. The van der Waals surface area contributed by atoms with Crippen LogP contribution in [0.25, 0.3) is 0 Å². The summed E-state index contributed by atoms with van der Waals surface area (Å²) >= 11 is 0. The van der Waals surface area contributed by atoms with E-state index in [0.717, 1.165) is 0 Å². The highest BCUT2D eigenvalue weighted by atomic mass is 16.5. The summed E-state index contributed by atoms with van der Waals surface area (Å²) in [4.78, 5) is 23.2. The van der Waals surface area contributed by atoms with Crippen molar-refractivity contribution in [2.75, 3.05) is 0 Å². The minimum atomic E-state index is -1.09. The number of allylic oxidation sites excluding steroid dienone is 2. The van der Waals surface area contributed by atoms with Crippen LogP contribution >= 0.6 is 0 Å². The number of aliphatic carboxylic acids is 1. The van der Waals surface area contributed by atoms with E-state index >= 15 is 0 Å². The van der Waals surface area contributed by atoms with Crippen molar-refractivity contribution in [2.45, 2.75) is 90.1 Å². The first-order valence-corrected chi connectivity index (χ1v) is 11.3. The molecule has 0 unspecified atom stereocenters. The summed E-state index contributed by atoms with van der Waals surface area (Å²) in [6.45, 7) is 5.90. The number of carboxylic acids is 1. The van der Waals surface area contributed by atoms with Gasteiger partial charge >= 0.3 is 11.9 Å². The second kappa shape index (κ2) is 11.3. The molecule has 0 radical (unpaired) electrons. The highest BCUT2D eigenvalue weighted by Crippen LogP contribution is 2.46. The van der Waals surface area contributed by atoms with Gasteiger partial charge in [-0.1, -0.05) is 32.9 Å². The molecule has 4 N–H and O–H groups in total. The lowest BCUT2D eigenvalue weighted by molar-refractivity contribution is -0.166. The highest BCUT2D eigenvalue weighted by Gasteiger charge is 2.45. The molecule has 2 aliphatic rings. The summed E-state index contributed by atoms with van der Waals surface area (Å²) in [6.07, 6.45) is 4.11. The van der Waals surface area contributed by atoms with Crippen LogP contribution in [0.4, 0.5) is 0 Å². The summed E-state index contributed by atoms with van der Waals surface area (Å²) in [5.74, 6) is -0.883. The minimum absolute atomic E-state index is 0.0302. The average molecular weight is 427 g/mol. The summed E-state index contributed by atoms with van der Waals surface area (Å²) in [5, 5.41) is 39.2. The van der Waals surface area contributed by atoms with Crippen LogP contribution in [-0.4, -0.2) is 56.8 Å². The van der Waals surface area contributed by atoms with Gasteiger partial charge in [-0.15, -0.1) is 0 Å². The first kappa shape index (κ1) is 24.8. The van der Waals surface area contributed by atoms with Gasteiger partial charge in [0.2, 0.25) is 0 Å². The highest BCUT2D eigenvalue weighted by molar-refractivity contribution is 5.72. The molecule has 1 saturated carbocycles. The van der Waals surface area contributed by atoms with Crippen molar-refractivity contribution < 1.29 is 34.8 Å². The standard InChI is InChI=1S/C23H38O7/c1-4-13(2)23(29)30-20-11-17(25)9-15-6-5-14(3)19(22(15)20)8-7-16(24)10-18(26)12-21(27)28/h5-6,13-20,22,24-26H,4,7-12H2,1-3H3,(H,27,28)/t13-,14-,15-,16+,17+,18+,19-,20-,22+/m0/s1. The van der Waals surface area contributed by atoms with Crippen LogP contribution in [0.5, 0.6) is 0 Å². The monoisotopic (exact) mass is 426 g/mol. The number of carboxylic acid groups (broad SMARTS) is 1. The summed E-state index contributed by atoms with van der Waals surface area (Å²) in [5.41, 5.74) is 0. The van der Waals surface area contributed by atoms with Crippen LogP contribution in [0.1, 0.15) is 65.7 Å². The molecule has 0 saturated heterocycles. The lowest BCUT2D eigenvalue weighted by Gasteiger charge is -2.47. The Bertz CT molecular complexity index is 604. The van der Waals surface area contributed by atoms with Crippen molar-refractivity contribution in [3.05, 3.63) is 12.2 Å². The van der Waals surface area contributed by atoms with Crippen LogP contribution < -0.4 is 0 Å². The molecule has 1 fully saturated rings. The first-order valence-electron chi connectivity index (χ1n) is 11.3. The van der Waals surface area contributed by atoms with E-state index in [1.54, 1.807) is 0 Å². The molecule has 30 heavy (non-hydrogen) atoms. The molecule has 0 bridgehead atoms. The Labute approximate surface area is 179 Å². The number of hydrogen-bond donors (Lipinski definition) is 4. The van der Waals surface area contributed by atoms with Crippen LogP contribution in [0.3, 0.4) is 0 Å². The van der Waals surface area contributed by atoms with E-state index in [1.807, 2.05) is 13.8 Å². The number of carbonyl (C=O) groups is 2. The van der Waals surface area contributed by atoms with Gasteiger partial charge in [0.05, 0.1) is 30.7 Å². The zero-order chi connectivity index (χ0) is 22.4. The molecule has 0 aromatic heterocycles. The average Bonchev–Trinajstić information content (AvgIpc) is 2.65. The first-order chi connectivity index (χ1) is 14.1. The number of carbonyl (C=O) groups excluding carboxylic acids is 1. The Balaban J connectivity index is 2.06. The van der Waals surface area contributed by atoms with Crippen LogP contribution in [0.15, 0.2) is 12.2 Å². The van der Waals surface area contributed by atoms with Crippen molar-refractivity contribution in [3.63, 3.8) is 0 Å². The van der Waals surface area contributed by atoms with Crippen LogP contribution in [0.2, 0.25) is 0 Å². The molecular weight excluding hydrogens is 388 g/mol. The maximum absolute atomic E-state index is 12.4. The van der Waals surface area contributed by atoms with Crippen LogP contribution in [0, 0.1) is 29.6 Å².